The molecule has 0 unspecified atom stereocenters. The average molecular weight is 523 g/mol. The lowest BCUT2D eigenvalue weighted by molar-refractivity contribution is -0.384. The lowest BCUT2D eigenvalue weighted by atomic mass is 10.2. The van der Waals surface area contributed by atoms with Crippen molar-refractivity contribution in [2.24, 2.45) is 4.99 Å². The zero-order valence-corrected chi connectivity index (χ0v) is 20.3. The summed E-state index contributed by atoms with van der Waals surface area (Å²) in [4.78, 5) is 39.3. The van der Waals surface area contributed by atoms with Gasteiger partial charge in [0, 0.05) is 24.7 Å². The average Bonchev–Trinajstić information content (AvgIpc) is 3.15. The van der Waals surface area contributed by atoms with E-state index >= 15 is 0 Å². The molecule has 1 heterocycles. The predicted octanol–water partition coefficient (Wildman–Crippen LogP) is 4.55. The van der Waals surface area contributed by atoms with Gasteiger partial charge in [0.1, 0.15) is 0 Å². The quantitative estimate of drug-likeness (QED) is 0.285. The van der Waals surface area contributed by atoms with Crippen LogP contribution in [0.15, 0.2) is 93.7 Å². The van der Waals surface area contributed by atoms with Crippen LogP contribution in [0, 0.1) is 10.1 Å². The van der Waals surface area contributed by atoms with Crippen molar-refractivity contribution in [3.05, 3.63) is 99.4 Å². The summed E-state index contributed by atoms with van der Waals surface area (Å²) in [6.45, 7) is 1.33. The highest BCUT2D eigenvalue weighted by molar-refractivity contribution is 8.20. The zero-order chi connectivity index (χ0) is 25.9. The van der Waals surface area contributed by atoms with Gasteiger partial charge in [0.2, 0.25) is 5.91 Å². The number of benzene rings is 3. The Labute approximate surface area is 210 Å². The first-order valence-corrected chi connectivity index (χ1v) is 12.7. The minimum Gasteiger partial charge on any atom is -0.326 e. The Bertz CT molecular complexity index is 1500. The van der Waals surface area contributed by atoms with E-state index in [0.29, 0.717) is 21.2 Å². The number of amides is 2. The second-order valence-electron chi connectivity index (χ2n) is 7.47. The number of sulfonamides is 1. The van der Waals surface area contributed by atoms with Gasteiger partial charge in [-0.05, 0) is 71.9 Å². The lowest BCUT2D eigenvalue weighted by Crippen LogP contribution is -2.35. The molecule has 0 spiro atoms. The van der Waals surface area contributed by atoms with Crippen molar-refractivity contribution in [2.45, 2.75) is 11.8 Å². The molecular formula is C24H18N4O6S2. The molecule has 0 aliphatic carbocycles. The molecule has 1 N–H and O–H groups in total. The van der Waals surface area contributed by atoms with E-state index in [9.17, 15) is 28.1 Å². The Kier molecular flexibility index (Phi) is 6.99. The lowest BCUT2D eigenvalue weighted by Gasteiger charge is -2.16. The van der Waals surface area contributed by atoms with Crippen molar-refractivity contribution >= 4 is 61.9 Å². The van der Waals surface area contributed by atoms with Gasteiger partial charge in [0.05, 0.1) is 20.4 Å². The Morgan fingerprint density at radius 1 is 1.03 bits per heavy atom. The summed E-state index contributed by atoms with van der Waals surface area (Å²) in [5.74, 6) is -1.12. The van der Waals surface area contributed by atoms with E-state index in [2.05, 4.69) is 10.3 Å². The standard InChI is InChI=1S/C24H18N4O6S2/c1-16(29)25-19-9-13-21(14-10-19)36(33,34)27-23(30)22(15-17-7-11-20(12-8-17)28(31)32)35-24(27)26-18-5-3-2-4-6-18/h2-15H,1H3,(H,25,29)/b22-15+,26-24?. The molecule has 0 bridgehead atoms. The van der Waals surface area contributed by atoms with Gasteiger partial charge in [-0.1, -0.05) is 18.2 Å². The fourth-order valence-corrected chi connectivity index (χ4v) is 5.82. The van der Waals surface area contributed by atoms with Gasteiger partial charge in [-0.25, -0.2) is 13.4 Å². The fourth-order valence-electron chi connectivity index (χ4n) is 3.22. The molecule has 12 heteroatoms. The van der Waals surface area contributed by atoms with Crippen molar-refractivity contribution < 1.29 is 22.9 Å². The van der Waals surface area contributed by atoms with Crippen LogP contribution < -0.4 is 5.32 Å². The topological polar surface area (TPSA) is 139 Å². The maximum absolute atomic E-state index is 13.5. The highest BCUT2D eigenvalue weighted by atomic mass is 32.2. The van der Waals surface area contributed by atoms with Crippen LogP contribution in [0.25, 0.3) is 6.08 Å². The number of hydrogen-bond acceptors (Lipinski definition) is 8. The number of anilines is 1. The number of rotatable bonds is 6. The molecule has 0 radical (unpaired) electrons. The Hall–Kier alpha value is -4.29. The Morgan fingerprint density at radius 2 is 1.67 bits per heavy atom. The minimum atomic E-state index is -4.36. The molecule has 182 valence electrons. The molecule has 3 aromatic carbocycles. The number of aliphatic imine (C=N–C) groups is 1. The fraction of sp³-hybridized carbons (Fsp3) is 0.0417. The summed E-state index contributed by atoms with van der Waals surface area (Å²) in [5.41, 5.74) is 1.22. The van der Waals surface area contributed by atoms with Crippen LogP contribution in [-0.4, -0.2) is 34.6 Å². The van der Waals surface area contributed by atoms with Gasteiger partial charge in [-0.2, -0.15) is 4.31 Å². The second-order valence-corrected chi connectivity index (χ2v) is 10.3. The smallest absolute Gasteiger partial charge is 0.280 e. The van der Waals surface area contributed by atoms with Gasteiger partial charge in [-0.15, -0.1) is 0 Å². The van der Waals surface area contributed by atoms with Crippen molar-refractivity contribution in [2.75, 3.05) is 5.32 Å². The predicted molar refractivity (Wildman–Crippen MR) is 137 cm³/mol. The molecule has 1 aliphatic heterocycles. The molecule has 1 aliphatic rings. The van der Waals surface area contributed by atoms with Gasteiger partial charge >= 0.3 is 0 Å². The number of non-ortho nitro benzene ring substituents is 1. The molecule has 2 amide bonds. The van der Waals surface area contributed by atoms with Crippen molar-refractivity contribution in [3.63, 3.8) is 0 Å². The normalized spacial score (nSPS) is 15.9. The Balaban J connectivity index is 1.75. The third-order valence-corrected chi connectivity index (χ3v) is 7.64. The number of carbonyl (C=O) groups excluding carboxylic acids is 2. The van der Waals surface area contributed by atoms with E-state index in [-0.39, 0.29) is 26.6 Å². The first kappa shape index (κ1) is 24.8. The number of nitro groups is 1. The monoisotopic (exact) mass is 522 g/mol. The molecule has 1 fully saturated rings. The van der Waals surface area contributed by atoms with E-state index in [1.54, 1.807) is 30.3 Å². The first-order chi connectivity index (χ1) is 17.1. The van der Waals surface area contributed by atoms with Crippen LogP contribution in [-0.2, 0) is 19.6 Å². The molecule has 10 nitrogen and oxygen atoms in total. The van der Waals surface area contributed by atoms with Crippen LogP contribution in [0.3, 0.4) is 0 Å². The number of amidine groups is 1. The molecule has 0 atom stereocenters. The highest BCUT2D eigenvalue weighted by Crippen LogP contribution is 2.38. The van der Waals surface area contributed by atoms with Gasteiger partial charge in [0.25, 0.3) is 21.6 Å². The summed E-state index contributed by atoms with van der Waals surface area (Å²) >= 11 is 0.878. The number of nitro benzene ring substituents is 1. The third kappa shape index (κ3) is 5.34. The van der Waals surface area contributed by atoms with Crippen molar-refractivity contribution in [1.82, 2.24) is 4.31 Å². The zero-order valence-electron chi connectivity index (χ0n) is 18.7. The summed E-state index contributed by atoms with van der Waals surface area (Å²) in [6, 6.07) is 19.5. The van der Waals surface area contributed by atoms with Crippen LogP contribution in [0.4, 0.5) is 17.1 Å². The number of hydrogen-bond donors (Lipinski definition) is 1. The molecule has 3 aromatic rings. The largest absolute Gasteiger partial charge is 0.326 e. The van der Waals surface area contributed by atoms with Crippen LogP contribution in [0.5, 0.6) is 0 Å². The van der Waals surface area contributed by atoms with Crippen molar-refractivity contribution in [3.8, 4) is 0 Å². The molecule has 36 heavy (non-hydrogen) atoms. The second kappa shape index (κ2) is 10.1. The molecular weight excluding hydrogens is 504 g/mol. The molecule has 4 rings (SSSR count). The highest BCUT2D eigenvalue weighted by Gasteiger charge is 2.42. The van der Waals surface area contributed by atoms with Crippen LogP contribution in [0.2, 0.25) is 0 Å². The first-order valence-electron chi connectivity index (χ1n) is 10.4. The molecule has 1 saturated heterocycles. The van der Waals surface area contributed by atoms with E-state index in [1.807, 2.05) is 0 Å². The van der Waals surface area contributed by atoms with E-state index in [1.165, 1.54) is 61.5 Å². The number of thioether (sulfide) groups is 1. The van der Waals surface area contributed by atoms with E-state index in [0.717, 1.165) is 11.8 Å². The van der Waals surface area contributed by atoms with E-state index < -0.39 is 20.9 Å². The number of carbonyl (C=O) groups is 2. The Morgan fingerprint density at radius 3 is 2.25 bits per heavy atom. The van der Waals surface area contributed by atoms with Crippen LogP contribution >= 0.6 is 11.8 Å². The summed E-state index contributed by atoms with van der Waals surface area (Å²) < 4.78 is 27.7. The number of nitrogens with one attached hydrogen (secondary N) is 1. The summed E-state index contributed by atoms with van der Waals surface area (Å²) in [5, 5.41) is 13.4. The van der Waals surface area contributed by atoms with Gasteiger partial charge in [-0.3, -0.25) is 19.7 Å². The summed E-state index contributed by atoms with van der Waals surface area (Å²) in [6.07, 6.45) is 1.45. The number of nitrogens with zero attached hydrogens (tertiary/aromatic N) is 3. The molecule has 0 saturated carbocycles. The number of para-hydroxylation sites is 1. The molecule has 0 aromatic heterocycles. The maximum atomic E-state index is 13.5. The van der Waals surface area contributed by atoms with Crippen molar-refractivity contribution in [1.29, 1.82) is 0 Å². The van der Waals surface area contributed by atoms with Gasteiger partial charge in [0.15, 0.2) is 5.17 Å². The maximum Gasteiger partial charge on any atom is 0.280 e. The van der Waals surface area contributed by atoms with Gasteiger partial charge < -0.3 is 5.32 Å². The SMILES string of the molecule is CC(=O)Nc1ccc(S(=O)(=O)N2C(=O)/C(=C\c3ccc([N+](=O)[O-])cc3)SC2=Nc2ccccc2)cc1. The third-order valence-electron chi connectivity index (χ3n) is 4.87. The minimum absolute atomic E-state index is 0.0645. The van der Waals surface area contributed by atoms with E-state index in [4.69, 9.17) is 0 Å². The van der Waals surface area contributed by atoms with Crippen LogP contribution in [0.1, 0.15) is 12.5 Å². The summed E-state index contributed by atoms with van der Waals surface area (Å²) in [7, 11) is -4.36.